The number of anilines is 1. The Labute approximate surface area is 197 Å². The molecule has 2 heterocycles. The summed E-state index contributed by atoms with van der Waals surface area (Å²) in [7, 11) is 1.34. The number of methoxy groups -OCH3 is 1. The van der Waals surface area contributed by atoms with Gasteiger partial charge in [0.15, 0.2) is 5.78 Å². The minimum Gasteiger partial charge on any atom is -0.464 e. The number of ketones is 1. The molecule has 160 valence electrons. The van der Waals surface area contributed by atoms with Crippen molar-refractivity contribution < 1.29 is 14.3 Å². The molecule has 1 spiro atoms. The number of nitrogens with zero attached hydrogens (tertiary/aromatic N) is 3. The van der Waals surface area contributed by atoms with Gasteiger partial charge in [0.1, 0.15) is 0 Å². The number of thioether (sulfide) groups is 2. The number of hydrazone groups is 1. The van der Waals surface area contributed by atoms with Gasteiger partial charge in [0.2, 0.25) is 9.37 Å². The molecule has 0 radical (unpaired) electrons. The van der Waals surface area contributed by atoms with Crippen LogP contribution in [0.1, 0.15) is 19.4 Å². The lowest BCUT2D eigenvalue weighted by atomic mass is 10.2. The first-order valence-corrected chi connectivity index (χ1v) is 11.9. The second-order valence-electron chi connectivity index (χ2n) is 6.98. The van der Waals surface area contributed by atoms with E-state index >= 15 is 0 Å². The molecule has 2 aliphatic rings. The first-order valence-electron chi connectivity index (χ1n) is 9.50. The van der Waals surface area contributed by atoms with Crippen molar-refractivity contribution in [3.05, 3.63) is 75.2 Å². The Morgan fingerprint density at radius 1 is 1.10 bits per heavy atom. The van der Waals surface area contributed by atoms with Gasteiger partial charge < -0.3 is 9.64 Å². The minimum absolute atomic E-state index is 0.0136. The van der Waals surface area contributed by atoms with E-state index in [1.54, 1.807) is 6.92 Å². The Morgan fingerprint density at radius 2 is 1.77 bits per heavy atom. The zero-order valence-corrected chi connectivity index (χ0v) is 20.4. The highest BCUT2D eigenvalue weighted by atomic mass is 79.9. The van der Waals surface area contributed by atoms with Crippen LogP contribution in [0.5, 0.6) is 0 Å². The number of benzene rings is 2. The molecule has 2 aromatic rings. The van der Waals surface area contributed by atoms with Crippen LogP contribution in [0.15, 0.2) is 74.8 Å². The van der Waals surface area contributed by atoms with Gasteiger partial charge >= 0.3 is 5.97 Å². The highest BCUT2D eigenvalue weighted by molar-refractivity contribution is 9.10. The van der Waals surface area contributed by atoms with Gasteiger partial charge in [-0.3, -0.25) is 4.79 Å². The summed E-state index contributed by atoms with van der Waals surface area (Å²) in [6, 6.07) is 17.7. The number of halogens is 1. The fourth-order valence-electron chi connectivity index (χ4n) is 3.46. The van der Waals surface area contributed by atoms with Crippen LogP contribution in [0.4, 0.5) is 5.69 Å². The molecule has 1 atom stereocenters. The van der Waals surface area contributed by atoms with Crippen molar-refractivity contribution in [3.8, 4) is 0 Å². The smallest absolute Gasteiger partial charge is 0.365 e. The molecule has 1 unspecified atom stereocenters. The van der Waals surface area contributed by atoms with Crippen LogP contribution in [-0.4, -0.2) is 33.1 Å². The number of rotatable bonds is 5. The van der Waals surface area contributed by atoms with E-state index in [2.05, 4.69) is 25.9 Å². The quantitative estimate of drug-likeness (QED) is 0.506. The number of carbonyl (C=O) groups is 2. The van der Waals surface area contributed by atoms with Crippen LogP contribution in [0.2, 0.25) is 0 Å². The lowest BCUT2D eigenvalue weighted by Crippen LogP contribution is -2.48. The molecule has 2 aliphatic heterocycles. The monoisotopic (exact) mass is 517 g/mol. The van der Waals surface area contributed by atoms with Crippen molar-refractivity contribution in [2.24, 2.45) is 5.10 Å². The molecule has 0 aromatic heterocycles. The number of hydrogen-bond donors (Lipinski definition) is 0. The van der Waals surface area contributed by atoms with E-state index < -0.39 is 10.3 Å². The number of ether oxygens (including phenoxy) is 1. The molecule has 6 nitrogen and oxygen atoms in total. The summed E-state index contributed by atoms with van der Waals surface area (Å²) in [5.41, 5.74) is 2.75. The van der Waals surface area contributed by atoms with Gasteiger partial charge in [0.25, 0.3) is 0 Å². The van der Waals surface area contributed by atoms with Gasteiger partial charge in [-0.1, -0.05) is 58.0 Å². The first-order chi connectivity index (χ1) is 14.9. The lowest BCUT2D eigenvalue weighted by Gasteiger charge is -2.41. The van der Waals surface area contributed by atoms with Crippen LogP contribution in [0, 0.1) is 0 Å². The number of hydrogen-bond acceptors (Lipinski definition) is 8. The van der Waals surface area contributed by atoms with Crippen LogP contribution in [0.3, 0.4) is 0 Å². The molecule has 4 rings (SSSR count). The number of esters is 1. The third kappa shape index (κ3) is 4.02. The summed E-state index contributed by atoms with van der Waals surface area (Å²) < 4.78 is 5.04. The molecule has 9 heteroatoms. The minimum atomic E-state index is -0.863. The Balaban J connectivity index is 1.84. The van der Waals surface area contributed by atoms with Crippen LogP contribution in [0.25, 0.3) is 0 Å². The topological polar surface area (TPSA) is 62.2 Å². The standard InChI is InChI=1S/C22H20BrN3O3S2/c1-14-19(15(2)27)30-22(25(14)13-16-7-5-4-6-8-16)26(18-11-9-17(23)10-12-18)24-20(31-22)21(28)29-3/h4-12H,13H2,1-3H3. The highest BCUT2D eigenvalue weighted by Crippen LogP contribution is 2.59. The maximum Gasteiger partial charge on any atom is 0.365 e. The summed E-state index contributed by atoms with van der Waals surface area (Å²) in [6.45, 7) is 4.07. The van der Waals surface area contributed by atoms with Gasteiger partial charge in [-0.05, 0) is 55.4 Å². The van der Waals surface area contributed by atoms with Crippen LogP contribution in [-0.2, 0) is 20.9 Å². The fraction of sp³-hybridized carbons (Fsp3) is 0.227. The highest BCUT2D eigenvalue weighted by Gasteiger charge is 2.57. The molecule has 31 heavy (non-hydrogen) atoms. The maximum atomic E-state index is 12.5. The zero-order chi connectivity index (χ0) is 22.2. The van der Waals surface area contributed by atoms with Crippen molar-refractivity contribution >= 4 is 61.9 Å². The van der Waals surface area contributed by atoms with Gasteiger partial charge in [-0.2, -0.15) is 5.10 Å². The van der Waals surface area contributed by atoms with E-state index in [4.69, 9.17) is 4.74 Å². The summed E-state index contributed by atoms with van der Waals surface area (Å²) in [6.07, 6.45) is 0. The third-order valence-electron chi connectivity index (χ3n) is 4.93. The fourth-order valence-corrected chi connectivity index (χ4v) is 6.67. The molecular formula is C22H20BrN3O3S2. The molecule has 0 fully saturated rings. The van der Waals surface area contributed by atoms with E-state index in [0.717, 1.165) is 21.4 Å². The first kappa shape index (κ1) is 22.0. The molecule has 0 aliphatic carbocycles. The summed E-state index contributed by atoms with van der Waals surface area (Å²) in [5, 5.41) is 6.69. The lowest BCUT2D eigenvalue weighted by molar-refractivity contribution is -0.132. The Kier molecular flexibility index (Phi) is 6.18. The van der Waals surface area contributed by atoms with E-state index in [0.29, 0.717) is 11.4 Å². The molecule has 0 N–H and O–H groups in total. The molecule has 2 aromatic carbocycles. The Morgan fingerprint density at radius 3 is 2.39 bits per heavy atom. The second kappa shape index (κ2) is 8.72. The molecule has 0 saturated carbocycles. The third-order valence-corrected chi connectivity index (χ3v) is 8.51. The van der Waals surface area contributed by atoms with Gasteiger partial charge in [0.05, 0.1) is 17.7 Å². The number of carbonyl (C=O) groups excluding carboxylic acids is 2. The summed E-state index contributed by atoms with van der Waals surface area (Å²) in [4.78, 5) is 27.7. The molecule has 0 bridgehead atoms. The van der Waals surface area contributed by atoms with Crippen molar-refractivity contribution in [1.29, 1.82) is 0 Å². The maximum absolute atomic E-state index is 12.5. The van der Waals surface area contributed by atoms with E-state index in [9.17, 15) is 9.59 Å². The van der Waals surface area contributed by atoms with E-state index in [1.165, 1.54) is 30.6 Å². The predicted molar refractivity (Wildman–Crippen MR) is 129 cm³/mol. The van der Waals surface area contributed by atoms with Crippen molar-refractivity contribution in [2.75, 3.05) is 12.1 Å². The number of Topliss-reactive ketones (excluding diaryl/α,β-unsaturated/α-hetero) is 1. The predicted octanol–water partition coefficient (Wildman–Crippen LogP) is 5.17. The molecule has 0 amide bonds. The largest absolute Gasteiger partial charge is 0.464 e. The number of allylic oxidation sites excluding steroid dienone is 2. The van der Waals surface area contributed by atoms with E-state index in [-0.39, 0.29) is 10.8 Å². The Bertz CT molecular complexity index is 1090. The molecular weight excluding hydrogens is 498 g/mol. The summed E-state index contributed by atoms with van der Waals surface area (Å²) >= 11 is 6.18. The van der Waals surface area contributed by atoms with Crippen LogP contribution >= 0.6 is 39.5 Å². The Hall–Kier alpha value is -2.23. The average Bonchev–Trinajstić information content (AvgIpc) is 3.28. The van der Waals surface area contributed by atoms with Crippen molar-refractivity contribution in [3.63, 3.8) is 0 Å². The van der Waals surface area contributed by atoms with Crippen molar-refractivity contribution in [1.82, 2.24) is 4.90 Å². The van der Waals surface area contributed by atoms with Gasteiger partial charge in [-0.25, -0.2) is 9.80 Å². The van der Waals surface area contributed by atoms with Crippen molar-refractivity contribution in [2.45, 2.75) is 24.7 Å². The van der Waals surface area contributed by atoms with E-state index in [1.807, 2.05) is 66.5 Å². The van der Waals surface area contributed by atoms with Crippen LogP contribution < -0.4 is 5.01 Å². The van der Waals surface area contributed by atoms with Gasteiger partial charge in [0, 0.05) is 16.7 Å². The SMILES string of the molecule is COC(=O)C1=NN(c2ccc(Br)cc2)C2(S1)SC(C(C)=O)=C(C)N2Cc1ccccc1. The normalized spacial score (nSPS) is 20.5. The second-order valence-corrected chi connectivity index (χ2v) is 10.5. The molecule has 0 saturated heterocycles. The zero-order valence-electron chi connectivity index (χ0n) is 17.2. The van der Waals surface area contributed by atoms with Gasteiger partial charge in [-0.15, -0.1) is 0 Å². The summed E-state index contributed by atoms with van der Waals surface area (Å²) in [5.74, 6) is -0.515. The average molecular weight is 518 g/mol.